The molecule has 2 saturated heterocycles. The van der Waals surface area contributed by atoms with E-state index < -0.39 is 17.8 Å². The lowest BCUT2D eigenvalue weighted by atomic mass is 9.82. The van der Waals surface area contributed by atoms with Crippen molar-refractivity contribution < 1.29 is 28.5 Å². The number of carboxylic acid groups (broad SMARTS) is 1. The molecule has 0 bridgehead atoms. The monoisotopic (exact) mass is 569 g/mol. The number of benzene rings is 1. The van der Waals surface area contributed by atoms with Gasteiger partial charge in [0.2, 0.25) is 0 Å². The smallest absolute Gasteiger partial charge is 0.325 e. The Bertz CT molecular complexity index is 1190. The second-order valence-electron chi connectivity index (χ2n) is 12.4. The van der Waals surface area contributed by atoms with Crippen LogP contribution in [0.1, 0.15) is 86.9 Å². The van der Waals surface area contributed by atoms with Gasteiger partial charge in [0.15, 0.2) is 0 Å². The molecule has 0 aliphatic carbocycles. The molecule has 2 aromatic rings. The number of nitrogens with zero attached hydrogens (tertiary/aromatic N) is 2. The molecule has 0 unspecified atom stereocenters. The first kappa shape index (κ1) is 29.7. The van der Waals surface area contributed by atoms with Crippen LogP contribution in [-0.4, -0.2) is 67.0 Å². The summed E-state index contributed by atoms with van der Waals surface area (Å²) in [4.78, 5) is 19.3. The van der Waals surface area contributed by atoms with Crippen LogP contribution in [0.3, 0.4) is 0 Å². The van der Waals surface area contributed by atoms with E-state index in [1.165, 1.54) is 12.1 Å². The summed E-state index contributed by atoms with van der Waals surface area (Å²) in [7, 11) is 1.71. The highest BCUT2D eigenvalue weighted by Gasteiger charge is 2.38. The van der Waals surface area contributed by atoms with Gasteiger partial charge in [-0.1, -0.05) is 19.9 Å². The number of anilines is 1. The van der Waals surface area contributed by atoms with Gasteiger partial charge >= 0.3 is 5.97 Å². The Morgan fingerprint density at radius 1 is 1.29 bits per heavy atom. The van der Waals surface area contributed by atoms with E-state index in [1.54, 1.807) is 13.2 Å². The van der Waals surface area contributed by atoms with Crippen molar-refractivity contribution >= 4 is 11.8 Å². The first-order valence-electron chi connectivity index (χ1n) is 15.0. The number of methoxy groups -OCH3 is 1. The maximum atomic E-state index is 14.4. The van der Waals surface area contributed by atoms with Crippen LogP contribution in [0.15, 0.2) is 24.3 Å². The van der Waals surface area contributed by atoms with Crippen molar-refractivity contribution in [2.24, 2.45) is 5.41 Å². The molecule has 0 radical (unpaired) electrons. The number of carboxylic acids is 1. The van der Waals surface area contributed by atoms with Crippen molar-refractivity contribution in [1.29, 1.82) is 0 Å². The third-order valence-corrected chi connectivity index (χ3v) is 8.66. The van der Waals surface area contributed by atoms with Gasteiger partial charge in [0, 0.05) is 43.6 Å². The van der Waals surface area contributed by atoms with Gasteiger partial charge in [-0.3, -0.25) is 9.69 Å². The molecule has 8 nitrogen and oxygen atoms in total. The van der Waals surface area contributed by atoms with Gasteiger partial charge in [-0.2, -0.15) is 0 Å². The second kappa shape index (κ2) is 13.0. The van der Waals surface area contributed by atoms with E-state index in [1.807, 2.05) is 11.0 Å². The highest BCUT2D eigenvalue weighted by Crippen LogP contribution is 2.41. The molecule has 3 atom stereocenters. The lowest BCUT2D eigenvalue weighted by molar-refractivity contribution is -0.143. The van der Waals surface area contributed by atoms with Gasteiger partial charge in [-0.05, 0) is 80.0 Å². The van der Waals surface area contributed by atoms with Crippen molar-refractivity contribution in [3.8, 4) is 5.75 Å². The van der Waals surface area contributed by atoms with E-state index in [0.717, 1.165) is 86.3 Å². The quantitative estimate of drug-likeness (QED) is 0.333. The number of likely N-dealkylation sites (tertiary alicyclic amines) is 1. The van der Waals surface area contributed by atoms with E-state index in [4.69, 9.17) is 19.2 Å². The molecule has 1 aromatic heterocycles. The number of halogens is 1. The third kappa shape index (κ3) is 7.19. The molecule has 0 saturated carbocycles. The number of aryl methyl sites for hydroxylation is 1. The number of rotatable bonds is 11. The Labute approximate surface area is 242 Å². The minimum Gasteiger partial charge on any atom is -0.496 e. The van der Waals surface area contributed by atoms with Gasteiger partial charge in [-0.15, -0.1) is 0 Å². The fourth-order valence-corrected chi connectivity index (χ4v) is 6.36. The number of nitrogens with one attached hydrogen (secondary N) is 1. The van der Waals surface area contributed by atoms with Crippen LogP contribution >= 0.6 is 0 Å². The molecule has 224 valence electrons. The van der Waals surface area contributed by atoms with E-state index in [0.29, 0.717) is 31.9 Å². The Morgan fingerprint density at radius 2 is 2.15 bits per heavy atom. The van der Waals surface area contributed by atoms with Crippen LogP contribution in [0.25, 0.3) is 0 Å². The second-order valence-corrected chi connectivity index (χ2v) is 12.4. The van der Waals surface area contributed by atoms with Crippen molar-refractivity contribution in [3.05, 3.63) is 52.5 Å². The molecule has 2 N–H and O–H groups in total. The van der Waals surface area contributed by atoms with Gasteiger partial charge in [0.1, 0.15) is 23.4 Å². The van der Waals surface area contributed by atoms with Crippen LogP contribution < -0.4 is 10.1 Å². The minimum atomic E-state index is -0.976. The molecular weight excluding hydrogens is 525 g/mol. The van der Waals surface area contributed by atoms with Crippen LogP contribution in [0.2, 0.25) is 0 Å². The summed E-state index contributed by atoms with van der Waals surface area (Å²) in [6, 6.07) is 5.60. The zero-order valence-corrected chi connectivity index (χ0v) is 24.6. The van der Waals surface area contributed by atoms with Crippen molar-refractivity contribution in [2.75, 3.05) is 45.3 Å². The molecule has 2 fully saturated rings. The first-order chi connectivity index (χ1) is 19.7. The summed E-state index contributed by atoms with van der Waals surface area (Å²) in [6.07, 6.45) is 6.97. The standard InChI is InChI=1S/C32H44FN3O5/c1-32(2)13-11-27(41-20-32)24-10-9-21(33)17-26(24)29(31(37)38)36-15-12-23(19-36)40-16-5-4-7-22-18-28(39-3)25-8-6-14-34-30(25)35-22/h9-10,17-18,23,27,29H,4-8,11-16,19-20H2,1-3H3,(H,34,35)(H,37,38)/t23-,27+,29-/m1/s1. The average molecular weight is 570 g/mol. The number of pyridine rings is 1. The number of aliphatic carboxylic acids is 1. The summed E-state index contributed by atoms with van der Waals surface area (Å²) in [5, 5.41) is 13.7. The molecular formula is C32H44FN3O5. The molecule has 3 aliphatic heterocycles. The Kier molecular flexibility index (Phi) is 9.46. The largest absolute Gasteiger partial charge is 0.496 e. The maximum Gasteiger partial charge on any atom is 0.325 e. The third-order valence-electron chi connectivity index (χ3n) is 8.66. The molecule has 0 spiro atoms. The topological polar surface area (TPSA) is 93.2 Å². The highest BCUT2D eigenvalue weighted by molar-refractivity contribution is 5.76. The van der Waals surface area contributed by atoms with E-state index in [9.17, 15) is 14.3 Å². The summed E-state index contributed by atoms with van der Waals surface area (Å²) in [6.45, 7) is 7.56. The lowest BCUT2D eigenvalue weighted by Crippen LogP contribution is -2.35. The fourth-order valence-electron chi connectivity index (χ4n) is 6.36. The van der Waals surface area contributed by atoms with Crippen molar-refractivity contribution in [1.82, 2.24) is 9.88 Å². The lowest BCUT2D eigenvalue weighted by Gasteiger charge is -2.36. The van der Waals surface area contributed by atoms with Crippen LogP contribution in [0.4, 0.5) is 10.2 Å². The van der Waals surface area contributed by atoms with Gasteiger partial charge in [-0.25, -0.2) is 9.37 Å². The van der Waals surface area contributed by atoms with Crippen LogP contribution in [0, 0.1) is 11.2 Å². The number of hydrogen-bond donors (Lipinski definition) is 2. The number of fused-ring (bicyclic) bond motifs is 1. The zero-order valence-electron chi connectivity index (χ0n) is 24.6. The van der Waals surface area contributed by atoms with Crippen LogP contribution in [0.5, 0.6) is 5.75 Å². The number of hydrogen-bond acceptors (Lipinski definition) is 7. The number of carbonyl (C=O) groups is 1. The maximum absolute atomic E-state index is 14.4. The predicted molar refractivity (Wildman–Crippen MR) is 155 cm³/mol. The normalized spacial score (nSPS) is 23.0. The van der Waals surface area contributed by atoms with E-state index in [2.05, 4.69) is 19.2 Å². The highest BCUT2D eigenvalue weighted by atomic mass is 19.1. The zero-order chi connectivity index (χ0) is 29.0. The SMILES string of the molecule is COc1cc(CCCCO[C@@H]2CCN([C@@H](C(=O)O)c3cc(F)ccc3[C@@H]3CCC(C)(C)CO3)C2)nc2c1CCCN2. The fraction of sp³-hybridized carbons (Fsp3) is 0.625. The van der Waals surface area contributed by atoms with E-state index in [-0.39, 0.29) is 17.6 Å². The van der Waals surface area contributed by atoms with Crippen molar-refractivity contribution in [3.63, 3.8) is 0 Å². The molecule has 9 heteroatoms. The molecule has 5 rings (SSSR count). The number of aromatic nitrogens is 1. The average Bonchev–Trinajstić information content (AvgIpc) is 3.41. The van der Waals surface area contributed by atoms with Gasteiger partial charge in [0.05, 0.1) is 25.9 Å². The molecule has 1 aromatic carbocycles. The summed E-state index contributed by atoms with van der Waals surface area (Å²) < 4.78 is 32.3. The van der Waals surface area contributed by atoms with E-state index >= 15 is 0 Å². The molecule has 4 heterocycles. The summed E-state index contributed by atoms with van der Waals surface area (Å²) in [5.74, 6) is 0.449. The van der Waals surface area contributed by atoms with Gasteiger partial charge < -0.3 is 24.6 Å². The predicted octanol–water partition coefficient (Wildman–Crippen LogP) is 5.70. The van der Waals surface area contributed by atoms with Gasteiger partial charge in [0.25, 0.3) is 0 Å². The minimum absolute atomic E-state index is 0.0493. The molecule has 0 amide bonds. The number of unbranched alkanes of at least 4 members (excludes halogenated alkanes) is 1. The Hall–Kier alpha value is -2.75. The Morgan fingerprint density at radius 3 is 2.90 bits per heavy atom. The Balaban J connectivity index is 1.15. The first-order valence-corrected chi connectivity index (χ1v) is 15.0. The van der Waals surface area contributed by atoms with Crippen molar-refractivity contribution in [2.45, 2.75) is 83.5 Å². The summed E-state index contributed by atoms with van der Waals surface area (Å²) >= 11 is 0. The summed E-state index contributed by atoms with van der Waals surface area (Å²) in [5.41, 5.74) is 3.54. The molecule has 3 aliphatic rings. The van der Waals surface area contributed by atoms with Crippen LogP contribution in [-0.2, 0) is 27.1 Å². The molecule has 41 heavy (non-hydrogen) atoms. The number of ether oxygens (including phenoxy) is 3.